The Bertz CT molecular complexity index is 529. The Morgan fingerprint density at radius 3 is 2.68 bits per heavy atom. The first-order valence-electron chi connectivity index (χ1n) is 7.71. The maximum absolute atomic E-state index is 12.0. The molecule has 2 atom stereocenters. The molecule has 0 heterocycles. The summed E-state index contributed by atoms with van der Waals surface area (Å²) in [6.07, 6.45) is 4.56. The van der Waals surface area contributed by atoms with Crippen molar-refractivity contribution >= 4 is 11.9 Å². The predicted octanol–water partition coefficient (Wildman–Crippen LogP) is 2.55. The third kappa shape index (κ3) is 4.23. The van der Waals surface area contributed by atoms with Gasteiger partial charge < -0.3 is 14.8 Å². The second-order valence-corrected chi connectivity index (χ2v) is 5.71. The molecule has 0 aromatic heterocycles. The number of para-hydroxylation sites is 1. The number of rotatable bonds is 5. The number of nitrogens with one attached hydrogen (secondary N) is 1. The fraction of sp³-hybridized carbons (Fsp3) is 0.529. The molecule has 5 heteroatoms. The topological polar surface area (TPSA) is 64.6 Å². The summed E-state index contributed by atoms with van der Waals surface area (Å²) in [7, 11) is 1.32. The van der Waals surface area contributed by atoms with Crippen LogP contribution in [0.3, 0.4) is 0 Å². The SMILES string of the molecule is COC(=O)c1ccccc1OCC(=O)N[C@@H]1CCCC[C@H]1C. The monoisotopic (exact) mass is 305 g/mol. The van der Waals surface area contributed by atoms with Crippen LogP contribution in [-0.2, 0) is 9.53 Å². The summed E-state index contributed by atoms with van der Waals surface area (Å²) in [6.45, 7) is 2.06. The van der Waals surface area contributed by atoms with E-state index in [1.165, 1.54) is 13.5 Å². The number of carbonyl (C=O) groups is 2. The van der Waals surface area contributed by atoms with Gasteiger partial charge in [-0.2, -0.15) is 0 Å². The first-order valence-corrected chi connectivity index (χ1v) is 7.71. The third-order valence-corrected chi connectivity index (χ3v) is 4.11. The van der Waals surface area contributed by atoms with Crippen molar-refractivity contribution in [2.45, 2.75) is 38.6 Å². The minimum Gasteiger partial charge on any atom is -0.483 e. The van der Waals surface area contributed by atoms with Gasteiger partial charge in [-0.15, -0.1) is 0 Å². The van der Waals surface area contributed by atoms with Crippen molar-refractivity contribution < 1.29 is 19.1 Å². The van der Waals surface area contributed by atoms with Gasteiger partial charge in [-0.3, -0.25) is 4.79 Å². The minimum atomic E-state index is -0.475. The highest BCUT2D eigenvalue weighted by Crippen LogP contribution is 2.23. The van der Waals surface area contributed by atoms with Crippen molar-refractivity contribution in [2.24, 2.45) is 5.92 Å². The van der Waals surface area contributed by atoms with Gasteiger partial charge in [0.1, 0.15) is 11.3 Å². The van der Waals surface area contributed by atoms with E-state index < -0.39 is 5.97 Å². The van der Waals surface area contributed by atoms with Crippen LogP contribution in [0.4, 0.5) is 0 Å². The number of hydrogen-bond acceptors (Lipinski definition) is 4. The summed E-state index contributed by atoms with van der Waals surface area (Å²) in [4.78, 5) is 23.7. The van der Waals surface area contributed by atoms with Crippen molar-refractivity contribution in [2.75, 3.05) is 13.7 Å². The van der Waals surface area contributed by atoms with E-state index in [4.69, 9.17) is 9.47 Å². The van der Waals surface area contributed by atoms with Gasteiger partial charge in [-0.25, -0.2) is 4.79 Å². The molecule has 1 aliphatic carbocycles. The Hall–Kier alpha value is -2.04. The molecule has 5 nitrogen and oxygen atoms in total. The van der Waals surface area contributed by atoms with Crippen LogP contribution in [0.2, 0.25) is 0 Å². The molecule has 120 valence electrons. The molecule has 1 aromatic rings. The van der Waals surface area contributed by atoms with Crippen LogP contribution < -0.4 is 10.1 Å². The van der Waals surface area contributed by atoms with Gasteiger partial charge in [0, 0.05) is 6.04 Å². The Morgan fingerprint density at radius 1 is 1.23 bits per heavy atom. The van der Waals surface area contributed by atoms with E-state index in [2.05, 4.69) is 12.2 Å². The summed E-state index contributed by atoms with van der Waals surface area (Å²) in [6, 6.07) is 6.97. The van der Waals surface area contributed by atoms with Gasteiger partial charge in [-0.05, 0) is 30.9 Å². The highest BCUT2D eigenvalue weighted by molar-refractivity contribution is 5.92. The standard InChI is InChI=1S/C17H23NO4/c1-12-7-3-5-9-14(12)18-16(19)11-22-15-10-6-4-8-13(15)17(20)21-2/h4,6,8,10,12,14H,3,5,7,9,11H2,1-2H3,(H,18,19)/t12-,14-/m1/s1. The van der Waals surface area contributed by atoms with E-state index in [-0.39, 0.29) is 18.6 Å². The van der Waals surface area contributed by atoms with Gasteiger partial charge in [0.15, 0.2) is 6.61 Å². The van der Waals surface area contributed by atoms with Crippen molar-refractivity contribution in [3.63, 3.8) is 0 Å². The normalized spacial score (nSPS) is 21.0. The average molecular weight is 305 g/mol. The maximum Gasteiger partial charge on any atom is 0.341 e. The maximum atomic E-state index is 12.0. The zero-order chi connectivity index (χ0) is 15.9. The molecular weight excluding hydrogens is 282 g/mol. The molecule has 1 aliphatic rings. The molecule has 0 bridgehead atoms. The molecule has 1 aromatic carbocycles. The third-order valence-electron chi connectivity index (χ3n) is 4.11. The smallest absolute Gasteiger partial charge is 0.341 e. The van der Waals surface area contributed by atoms with Crippen LogP contribution in [-0.4, -0.2) is 31.6 Å². The first kappa shape index (κ1) is 16.3. The predicted molar refractivity (Wildman–Crippen MR) is 82.8 cm³/mol. The fourth-order valence-electron chi connectivity index (χ4n) is 2.79. The Morgan fingerprint density at radius 2 is 1.95 bits per heavy atom. The zero-order valence-corrected chi connectivity index (χ0v) is 13.1. The number of ether oxygens (including phenoxy) is 2. The molecule has 1 saturated carbocycles. The van der Waals surface area contributed by atoms with Gasteiger partial charge in [-0.1, -0.05) is 31.9 Å². The summed E-state index contributed by atoms with van der Waals surface area (Å²) >= 11 is 0. The van der Waals surface area contributed by atoms with Gasteiger partial charge in [0.25, 0.3) is 5.91 Å². The second kappa shape index (κ2) is 7.82. The highest BCUT2D eigenvalue weighted by Gasteiger charge is 2.23. The van der Waals surface area contributed by atoms with Crippen molar-refractivity contribution in [3.05, 3.63) is 29.8 Å². The van der Waals surface area contributed by atoms with E-state index in [1.807, 2.05) is 0 Å². The summed E-state index contributed by atoms with van der Waals surface area (Å²) < 4.78 is 10.2. The Labute approximate surface area is 131 Å². The largest absolute Gasteiger partial charge is 0.483 e. The van der Waals surface area contributed by atoms with Gasteiger partial charge >= 0.3 is 5.97 Å². The lowest BCUT2D eigenvalue weighted by Gasteiger charge is -2.29. The molecule has 0 aliphatic heterocycles. The van der Waals surface area contributed by atoms with Crippen LogP contribution >= 0.6 is 0 Å². The van der Waals surface area contributed by atoms with Crippen LogP contribution in [0.5, 0.6) is 5.75 Å². The Balaban J connectivity index is 1.90. The summed E-state index contributed by atoms with van der Waals surface area (Å²) in [5, 5.41) is 3.02. The molecule has 0 saturated heterocycles. The fourth-order valence-corrected chi connectivity index (χ4v) is 2.79. The van der Waals surface area contributed by atoms with Crippen LogP contribution in [0, 0.1) is 5.92 Å². The number of amides is 1. The second-order valence-electron chi connectivity index (χ2n) is 5.71. The number of methoxy groups -OCH3 is 1. The Kier molecular flexibility index (Phi) is 5.81. The van der Waals surface area contributed by atoms with Gasteiger partial charge in [0.2, 0.25) is 0 Å². The molecule has 0 spiro atoms. The molecule has 0 unspecified atom stereocenters. The van der Waals surface area contributed by atoms with E-state index in [1.54, 1.807) is 24.3 Å². The molecule has 0 radical (unpaired) electrons. The van der Waals surface area contributed by atoms with E-state index in [0.717, 1.165) is 19.3 Å². The average Bonchev–Trinajstić information content (AvgIpc) is 2.54. The lowest BCUT2D eigenvalue weighted by molar-refractivity contribution is -0.124. The number of benzene rings is 1. The first-order chi connectivity index (χ1) is 10.6. The molecule has 1 amide bonds. The molecular formula is C17H23NO4. The molecule has 2 rings (SSSR count). The quantitative estimate of drug-likeness (QED) is 0.849. The van der Waals surface area contributed by atoms with E-state index in [0.29, 0.717) is 17.2 Å². The van der Waals surface area contributed by atoms with E-state index in [9.17, 15) is 9.59 Å². The minimum absolute atomic E-state index is 0.1000. The lowest BCUT2D eigenvalue weighted by atomic mass is 9.86. The van der Waals surface area contributed by atoms with Crippen molar-refractivity contribution in [1.82, 2.24) is 5.32 Å². The van der Waals surface area contributed by atoms with Crippen LogP contribution in [0.25, 0.3) is 0 Å². The number of esters is 1. The highest BCUT2D eigenvalue weighted by atomic mass is 16.5. The van der Waals surface area contributed by atoms with Crippen molar-refractivity contribution in [1.29, 1.82) is 0 Å². The number of carbonyl (C=O) groups excluding carboxylic acids is 2. The zero-order valence-electron chi connectivity index (χ0n) is 13.1. The van der Waals surface area contributed by atoms with Crippen LogP contribution in [0.15, 0.2) is 24.3 Å². The molecule has 1 N–H and O–H groups in total. The van der Waals surface area contributed by atoms with Crippen LogP contribution in [0.1, 0.15) is 43.0 Å². The summed E-state index contributed by atoms with van der Waals surface area (Å²) in [5.74, 6) is 0.233. The summed E-state index contributed by atoms with van der Waals surface area (Å²) in [5.41, 5.74) is 0.323. The molecule has 1 fully saturated rings. The number of hydrogen-bond donors (Lipinski definition) is 1. The molecule has 22 heavy (non-hydrogen) atoms. The lowest BCUT2D eigenvalue weighted by Crippen LogP contribution is -2.43. The van der Waals surface area contributed by atoms with Gasteiger partial charge in [0.05, 0.1) is 7.11 Å². The van der Waals surface area contributed by atoms with Crippen molar-refractivity contribution in [3.8, 4) is 5.75 Å². The van der Waals surface area contributed by atoms with E-state index >= 15 is 0 Å².